The minimum atomic E-state index is -0.181. The second-order valence-electron chi connectivity index (χ2n) is 7.18. The minimum Gasteiger partial charge on any atom is -0.513 e. The number of nitrogens with one attached hydrogen (secondary N) is 1. The molecule has 2 aromatic carbocycles. The summed E-state index contributed by atoms with van der Waals surface area (Å²) >= 11 is 0. The summed E-state index contributed by atoms with van der Waals surface area (Å²) < 4.78 is 2.28. The van der Waals surface area contributed by atoms with Gasteiger partial charge in [-0.1, -0.05) is 62.5 Å². The molecule has 2 N–H and O–H groups in total. The molecule has 150 valence electrons. The number of rotatable bonds is 8. The van der Waals surface area contributed by atoms with Gasteiger partial charge in [-0.2, -0.15) is 0 Å². The molecule has 29 heavy (non-hydrogen) atoms. The van der Waals surface area contributed by atoms with E-state index in [9.17, 15) is 9.90 Å². The predicted molar refractivity (Wildman–Crippen MR) is 120 cm³/mol. The Morgan fingerprint density at radius 3 is 2.45 bits per heavy atom. The number of fused-ring (bicyclic) bond motifs is 1. The van der Waals surface area contributed by atoms with Gasteiger partial charge in [0.1, 0.15) is 0 Å². The molecule has 0 radical (unpaired) electrons. The maximum absolute atomic E-state index is 12.5. The number of carbonyl (C=O) groups excluding carboxylic acids is 1. The number of allylic oxidation sites excluding steroid dienone is 1. The van der Waals surface area contributed by atoms with Gasteiger partial charge >= 0.3 is 0 Å². The highest BCUT2D eigenvalue weighted by atomic mass is 16.3. The Morgan fingerprint density at radius 2 is 1.83 bits per heavy atom. The first-order valence-corrected chi connectivity index (χ1v) is 9.92. The maximum Gasteiger partial charge on any atom is 0.251 e. The number of aliphatic hydroxyl groups excluding tert-OH is 1. The van der Waals surface area contributed by atoms with Crippen molar-refractivity contribution < 1.29 is 9.90 Å². The molecule has 3 rings (SSSR count). The molecular weight excluding hydrogens is 360 g/mol. The van der Waals surface area contributed by atoms with E-state index in [1.165, 1.54) is 5.56 Å². The van der Waals surface area contributed by atoms with Crippen molar-refractivity contribution in [1.29, 1.82) is 0 Å². The number of hydrogen-bond acceptors (Lipinski definition) is 2. The Kier molecular flexibility index (Phi) is 6.23. The molecule has 0 saturated carbocycles. The number of benzene rings is 2. The summed E-state index contributed by atoms with van der Waals surface area (Å²) in [5, 5.41) is 13.4. The topological polar surface area (TPSA) is 54.3 Å². The van der Waals surface area contributed by atoms with E-state index in [0.29, 0.717) is 18.4 Å². The van der Waals surface area contributed by atoms with E-state index < -0.39 is 0 Å². The molecule has 0 bridgehead atoms. The lowest BCUT2D eigenvalue weighted by atomic mass is 9.96. The maximum atomic E-state index is 12.5. The largest absolute Gasteiger partial charge is 0.513 e. The molecule has 4 heteroatoms. The third kappa shape index (κ3) is 4.11. The summed E-state index contributed by atoms with van der Waals surface area (Å²) in [4.78, 5) is 12.5. The monoisotopic (exact) mass is 388 g/mol. The highest BCUT2D eigenvalue weighted by Crippen LogP contribution is 2.35. The van der Waals surface area contributed by atoms with Crippen LogP contribution < -0.4 is 5.32 Å². The number of aromatic nitrogens is 1. The third-order valence-corrected chi connectivity index (χ3v) is 5.29. The summed E-state index contributed by atoms with van der Waals surface area (Å²) in [7, 11) is 1.62. The highest BCUT2D eigenvalue weighted by molar-refractivity contribution is 6.22. The predicted octanol–water partition coefficient (Wildman–Crippen LogP) is 5.02. The Labute approximate surface area is 172 Å². The average Bonchev–Trinajstić information content (AvgIpc) is 3.05. The minimum absolute atomic E-state index is 0.160. The number of carbonyl (C=O) groups is 1. The van der Waals surface area contributed by atoms with Crippen molar-refractivity contribution in [3.63, 3.8) is 0 Å². The lowest BCUT2D eigenvalue weighted by Gasteiger charge is -2.12. The van der Waals surface area contributed by atoms with Crippen molar-refractivity contribution >= 4 is 22.4 Å². The molecule has 0 spiro atoms. The number of likely N-dealkylation sites (N-methyl/N-ethyl adjacent to an activating group) is 1. The lowest BCUT2D eigenvalue weighted by Crippen LogP contribution is -2.19. The van der Waals surface area contributed by atoms with Crippen LogP contribution in [0.15, 0.2) is 67.4 Å². The van der Waals surface area contributed by atoms with Gasteiger partial charge in [-0.3, -0.25) is 4.79 Å². The second kappa shape index (κ2) is 8.82. The lowest BCUT2D eigenvalue weighted by molar-refractivity contribution is -0.115. The number of nitrogens with zero attached hydrogens (tertiary/aromatic N) is 1. The summed E-state index contributed by atoms with van der Waals surface area (Å²) in [6, 6.07) is 16.5. The quantitative estimate of drug-likeness (QED) is 0.421. The van der Waals surface area contributed by atoms with Gasteiger partial charge in [-0.05, 0) is 30.0 Å². The van der Waals surface area contributed by atoms with Crippen molar-refractivity contribution in [1.82, 2.24) is 9.88 Å². The van der Waals surface area contributed by atoms with Crippen LogP contribution in [0.3, 0.4) is 0 Å². The first-order valence-electron chi connectivity index (χ1n) is 9.92. The molecule has 4 nitrogen and oxygen atoms in total. The van der Waals surface area contributed by atoms with E-state index in [4.69, 9.17) is 0 Å². The van der Waals surface area contributed by atoms with Crippen LogP contribution in [0.25, 0.3) is 16.5 Å². The number of amides is 1. The third-order valence-electron chi connectivity index (χ3n) is 5.29. The molecule has 0 atom stereocenters. The fourth-order valence-electron chi connectivity index (χ4n) is 3.92. The van der Waals surface area contributed by atoms with Crippen molar-refractivity contribution in [3.8, 4) is 0 Å². The van der Waals surface area contributed by atoms with E-state index >= 15 is 0 Å². The molecule has 0 fully saturated rings. The Balaban J connectivity index is 2.27. The summed E-state index contributed by atoms with van der Waals surface area (Å²) in [6.45, 7) is 10.6. The molecule has 0 aliphatic heterocycles. The Morgan fingerprint density at radius 1 is 1.10 bits per heavy atom. The standard InChI is InChI=1S/C25H28N2O2/c1-5-21-23(18(3)25(29)26-4)24-20(15-14-17(2)28)12-9-13-22(24)27(21)16-19-10-7-6-8-11-19/h6-13,28H,2-3,5,14-16H2,1,4H3,(H,26,29). The Bertz CT molecular complexity index is 1060. The number of aryl methyl sites for hydroxylation is 1. The first kappa shape index (κ1) is 20.5. The summed E-state index contributed by atoms with van der Waals surface area (Å²) in [5.41, 5.74) is 5.82. The van der Waals surface area contributed by atoms with Gasteiger partial charge < -0.3 is 15.0 Å². The zero-order valence-corrected chi connectivity index (χ0v) is 17.2. The molecule has 1 amide bonds. The molecule has 0 aliphatic carbocycles. The average molecular weight is 389 g/mol. The summed E-state index contributed by atoms with van der Waals surface area (Å²) in [5.74, 6) is -0.0204. The van der Waals surface area contributed by atoms with Crippen LogP contribution >= 0.6 is 0 Å². The summed E-state index contributed by atoms with van der Waals surface area (Å²) in [6.07, 6.45) is 1.91. The molecule has 0 saturated heterocycles. The van der Waals surface area contributed by atoms with Gasteiger partial charge in [0.2, 0.25) is 0 Å². The van der Waals surface area contributed by atoms with Crippen LogP contribution in [0, 0.1) is 0 Å². The van der Waals surface area contributed by atoms with Crippen LogP contribution in [0.1, 0.15) is 35.7 Å². The number of hydrogen-bond donors (Lipinski definition) is 2. The van der Waals surface area contributed by atoms with E-state index in [0.717, 1.165) is 40.7 Å². The van der Waals surface area contributed by atoms with Crippen LogP contribution in [0.5, 0.6) is 0 Å². The van der Waals surface area contributed by atoms with E-state index in [1.54, 1.807) is 7.05 Å². The van der Waals surface area contributed by atoms with Crippen LogP contribution in [0.4, 0.5) is 0 Å². The van der Waals surface area contributed by atoms with Gasteiger partial charge in [0.05, 0.1) is 5.76 Å². The van der Waals surface area contributed by atoms with Gasteiger partial charge in [0.25, 0.3) is 5.91 Å². The van der Waals surface area contributed by atoms with Gasteiger partial charge in [-0.15, -0.1) is 0 Å². The van der Waals surface area contributed by atoms with Crippen LogP contribution in [0.2, 0.25) is 0 Å². The van der Waals surface area contributed by atoms with Crippen LogP contribution in [-0.4, -0.2) is 22.6 Å². The molecule has 3 aromatic rings. The van der Waals surface area contributed by atoms with Gasteiger partial charge in [0.15, 0.2) is 0 Å². The highest BCUT2D eigenvalue weighted by Gasteiger charge is 2.23. The number of aliphatic hydroxyl groups is 1. The van der Waals surface area contributed by atoms with E-state index in [2.05, 4.69) is 54.2 Å². The molecule has 1 aromatic heterocycles. The fourth-order valence-corrected chi connectivity index (χ4v) is 3.92. The van der Waals surface area contributed by atoms with E-state index in [1.807, 2.05) is 24.3 Å². The van der Waals surface area contributed by atoms with Crippen LogP contribution in [-0.2, 0) is 24.2 Å². The van der Waals surface area contributed by atoms with Crippen molar-refractivity contribution in [2.45, 2.75) is 32.7 Å². The smallest absolute Gasteiger partial charge is 0.251 e. The zero-order chi connectivity index (χ0) is 21.0. The van der Waals surface area contributed by atoms with Crippen molar-refractivity contribution in [3.05, 3.63) is 89.8 Å². The molecular formula is C25H28N2O2. The molecule has 1 heterocycles. The van der Waals surface area contributed by atoms with Crippen molar-refractivity contribution in [2.24, 2.45) is 0 Å². The second-order valence-corrected chi connectivity index (χ2v) is 7.18. The molecule has 0 unspecified atom stereocenters. The zero-order valence-electron chi connectivity index (χ0n) is 17.2. The molecule has 0 aliphatic rings. The van der Waals surface area contributed by atoms with Gasteiger partial charge in [0, 0.05) is 47.7 Å². The normalized spacial score (nSPS) is 10.8. The first-order chi connectivity index (χ1) is 14.0. The van der Waals surface area contributed by atoms with E-state index in [-0.39, 0.29) is 11.7 Å². The Hall–Kier alpha value is -3.27. The van der Waals surface area contributed by atoms with Crippen molar-refractivity contribution in [2.75, 3.05) is 7.05 Å². The SMILES string of the molecule is C=C(O)CCc1cccc2c1c(C(=C)C(=O)NC)c(CC)n2Cc1ccccc1. The van der Waals surface area contributed by atoms with Gasteiger partial charge in [-0.25, -0.2) is 0 Å². The fraction of sp³-hybridized carbons (Fsp3) is 0.240.